The molecule has 1 heterocycles. The zero-order valence-corrected chi connectivity index (χ0v) is 13.1. The first-order valence-electron chi connectivity index (χ1n) is 7.62. The van der Waals surface area contributed by atoms with Crippen molar-refractivity contribution in [1.82, 2.24) is 0 Å². The number of benzene rings is 2. The van der Waals surface area contributed by atoms with Crippen LogP contribution in [0, 0.1) is 18.7 Å². The second-order valence-electron chi connectivity index (χ2n) is 6.21. The standard InChI is InChI=1S/C19H17ClFN/c1-11-9-13(20)10-17-15-3-2-4-16(15)19(22-18(11)17)12-5-7-14(21)8-6-12/h2-3,5-10,15-16,19,22H,4H2,1H3/t15-,16-,19+/m0/s1. The van der Waals surface area contributed by atoms with Crippen LogP contribution in [0.15, 0.2) is 48.6 Å². The second kappa shape index (κ2) is 5.13. The smallest absolute Gasteiger partial charge is 0.123 e. The SMILES string of the molecule is Cc1cc(Cl)cc2c1N[C@H](c1ccc(F)cc1)[C@H]1CC=C[C@H]21. The van der Waals surface area contributed by atoms with Gasteiger partial charge in [0.05, 0.1) is 6.04 Å². The maximum Gasteiger partial charge on any atom is 0.123 e. The highest BCUT2D eigenvalue weighted by atomic mass is 35.5. The molecule has 0 bridgehead atoms. The molecule has 2 aromatic rings. The Morgan fingerprint density at radius 3 is 2.73 bits per heavy atom. The van der Waals surface area contributed by atoms with Gasteiger partial charge in [-0.2, -0.15) is 0 Å². The lowest BCUT2D eigenvalue weighted by Crippen LogP contribution is -2.29. The van der Waals surface area contributed by atoms with E-state index in [0.717, 1.165) is 22.6 Å². The summed E-state index contributed by atoms with van der Waals surface area (Å²) >= 11 is 6.25. The Bertz CT molecular complexity index is 751. The van der Waals surface area contributed by atoms with E-state index in [2.05, 4.69) is 30.5 Å². The van der Waals surface area contributed by atoms with E-state index in [0.29, 0.717) is 11.8 Å². The van der Waals surface area contributed by atoms with Crippen LogP contribution in [-0.2, 0) is 0 Å². The molecule has 0 unspecified atom stereocenters. The fourth-order valence-corrected chi connectivity index (χ4v) is 4.12. The molecule has 0 radical (unpaired) electrons. The van der Waals surface area contributed by atoms with Crippen LogP contribution in [-0.4, -0.2) is 0 Å². The van der Waals surface area contributed by atoms with Gasteiger partial charge < -0.3 is 5.32 Å². The molecule has 0 amide bonds. The van der Waals surface area contributed by atoms with Crippen LogP contribution >= 0.6 is 11.6 Å². The number of nitrogens with one attached hydrogen (secondary N) is 1. The molecule has 2 aromatic carbocycles. The van der Waals surface area contributed by atoms with Gasteiger partial charge in [-0.3, -0.25) is 0 Å². The third-order valence-electron chi connectivity index (χ3n) is 4.86. The fourth-order valence-electron chi connectivity index (χ4n) is 3.84. The van der Waals surface area contributed by atoms with Crippen LogP contribution in [0.3, 0.4) is 0 Å². The van der Waals surface area contributed by atoms with Gasteiger partial charge in [-0.25, -0.2) is 4.39 Å². The third kappa shape index (κ3) is 2.14. The van der Waals surface area contributed by atoms with Gasteiger partial charge in [0.25, 0.3) is 0 Å². The Hall–Kier alpha value is -1.80. The summed E-state index contributed by atoms with van der Waals surface area (Å²) in [5.41, 5.74) is 4.75. The summed E-state index contributed by atoms with van der Waals surface area (Å²) in [4.78, 5) is 0. The predicted octanol–water partition coefficient (Wildman–Crippen LogP) is 5.61. The van der Waals surface area contributed by atoms with E-state index in [9.17, 15) is 4.39 Å². The van der Waals surface area contributed by atoms with Crippen LogP contribution < -0.4 is 5.32 Å². The summed E-state index contributed by atoms with van der Waals surface area (Å²) < 4.78 is 13.2. The fraction of sp³-hybridized carbons (Fsp3) is 0.263. The molecule has 22 heavy (non-hydrogen) atoms. The molecular formula is C19H17ClFN. The highest BCUT2D eigenvalue weighted by Crippen LogP contribution is 2.51. The summed E-state index contributed by atoms with van der Waals surface area (Å²) in [5.74, 6) is 0.642. The topological polar surface area (TPSA) is 12.0 Å². The van der Waals surface area contributed by atoms with E-state index in [1.807, 2.05) is 18.2 Å². The molecule has 0 saturated heterocycles. The number of hydrogen-bond donors (Lipinski definition) is 1. The highest BCUT2D eigenvalue weighted by molar-refractivity contribution is 6.30. The lowest BCUT2D eigenvalue weighted by molar-refractivity contribution is 0.425. The third-order valence-corrected chi connectivity index (χ3v) is 5.08. The Morgan fingerprint density at radius 1 is 1.18 bits per heavy atom. The summed E-state index contributed by atoms with van der Waals surface area (Å²) in [7, 11) is 0. The zero-order valence-electron chi connectivity index (χ0n) is 12.3. The molecule has 0 saturated carbocycles. The first kappa shape index (κ1) is 13.8. The molecule has 0 fully saturated rings. The van der Waals surface area contributed by atoms with Crippen molar-refractivity contribution >= 4 is 17.3 Å². The monoisotopic (exact) mass is 313 g/mol. The minimum absolute atomic E-state index is 0.191. The van der Waals surface area contributed by atoms with Crippen LogP contribution in [0.2, 0.25) is 5.02 Å². The van der Waals surface area contributed by atoms with Crippen LogP contribution in [0.4, 0.5) is 10.1 Å². The van der Waals surface area contributed by atoms with Gasteiger partial charge in [0.15, 0.2) is 0 Å². The minimum atomic E-state index is -0.191. The van der Waals surface area contributed by atoms with Crippen LogP contribution in [0.5, 0.6) is 0 Å². The zero-order chi connectivity index (χ0) is 15.3. The summed E-state index contributed by atoms with van der Waals surface area (Å²) in [6, 6.07) is 11.1. The van der Waals surface area contributed by atoms with Gasteiger partial charge >= 0.3 is 0 Å². The molecule has 1 N–H and O–H groups in total. The van der Waals surface area contributed by atoms with E-state index in [1.54, 1.807) is 12.1 Å². The van der Waals surface area contributed by atoms with Crippen molar-refractivity contribution in [3.05, 3.63) is 76.1 Å². The maximum atomic E-state index is 13.2. The summed E-state index contributed by atoms with van der Waals surface area (Å²) in [6.45, 7) is 2.08. The van der Waals surface area contributed by atoms with E-state index < -0.39 is 0 Å². The Morgan fingerprint density at radius 2 is 1.95 bits per heavy atom. The van der Waals surface area contributed by atoms with Gasteiger partial charge in [-0.1, -0.05) is 35.9 Å². The molecule has 0 spiro atoms. The molecule has 3 heteroatoms. The predicted molar refractivity (Wildman–Crippen MR) is 88.9 cm³/mol. The Kier molecular flexibility index (Phi) is 3.23. The van der Waals surface area contributed by atoms with Crippen molar-refractivity contribution in [3.63, 3.8) is 0 Å². The Balaban J connectivity index is 1.82. The van der Waals surface area contributed by atoms with Crippen LogP contribution in [0.25, 0.3) is 0 Å². The molecule has 112 valence electrons. The number of allylic oxidation sites excluding steroid dienone is 2. The summed E-state index contributed by atoms with van der Waals surface area (Å²) in [5, 5.41) is 4.47. The van der Waals surface area contributed by atoms with Gasteiger partial charge in [0.2, 0.25) is 0 Å². The number of hydrogen-bond acceptors (Lipinski definition) is 1. The maximum absolute atomic E-state index is 13.2. The first-order valence-corrected chi connectivity index (χ1v) is 8.00. The molecular weight excluding hydrogens is 297 g/mol. The normalized spacial score (nSPS) is 25.5. The van der Waals surface area contributed by atoms with E-state index in [4.69, 9.17) is 11.6 Å². The van der Waals surface area contributed by atoms with Gasteiger partial charge in [0, 0.05) is 16.6 Å². The first-order chi connectivity index (χ1) is 10.6. The largest absolute Gasteiger partial charge is 0.377 e. The number of halogens is 2. The minimum Gasteiger partial charge on any atom is -0.377 e. The van der Waals surface area contributed by atoms with Crippen molar-refractivity contribution < 1.29 is 4.39 Å². The summed E-state index contributed by atoms with van der Waals surface area (Å²) in [6.07, 6.45) is 5.57. The number of rotatable bonds is 1. The molecule has 2 aliphatic rings. The molecule has 4 rings (SSSR count). The quantitative estimate of drug-likeness (QED) is 0.674. The number of anilines is 1. The molecule has 1 aliphatic carbocycles. The lowest BCUT2D eigenvalue weighted by atomic mass is 9.76. The molecule has 1 nitrogen and oxygen atoms in total. The number of aryl methyl sites for hydroxylation is 1. The van der Waals surface area contributed by atoms with Gasteiger partial charge in [-0.05, 0) is 60.2 Å². The van der Waals surface area contributed by atoms with Crippen molar-refractivity contribution in [3.8, 4) is 0 Å². The molecule has 1 aliphatic heterocycles. The van der Waals surface area contributed by atoms with Crippen LogP contribution in [0.1, 0.15) is 35.1 Å². The molecule has 0 aromatic heterocycles. The van der Waals surface area contributed by atoms with Crippen molar-refractivity contribution in [1.29, 1.82) is 0 Å². The van der Waals surface area contributed by atoms with Crippen molar-refractivity contribution in [2.75, 3.05) is 5.32 Å². The molecule has 3 atom stereocenters. The Labute approximate surface area is 134 Å². The van der Waals surface area contributed by atoms with E-state index >= 15 is 0 Å². The van der Waals surface area contributed by atoms with Crippen molar-refractivity contribution in [2.45, 2.75) is 25.3 Å². The number of fused-ring (bicyclic) bond motifs is 3. The average molecular weight is 314 g/mol. The lowest BCUT2D eigenvalue weighted by Gasteiger charge is -2.38. The highest BCUT2D eigenvalue weighted by Gasteiger charge is 2.38. The van der Waals surface area contributed by atoms with Gasteiger partial charge in [-0.15, -0.1) is 0 Å². The van der Waals surface area contributed by atoms with Crippen molar-refractivity contribution in [2.24, 2.45) is 5.92 Å². The van der Waals surface area contributed by atoms with E-state index in [1.165, 1.54) is 11.3 Å². The van der Waals surface area contributed by atoms with Gasteiger partial charge in [0.1, 0.15) is 5.82 Å². The second-order valence-corrected chi connectivity index (χ2v) is 6.65. The average Bonchev–Trinajstić information content (AvgIpc) is 2.97. The van der Waals surface area contributed by atoms with E-state index in [-0.39, 0.29) is 11.9 Å².